The van der Waals surface area contributed by atoms with Gasteiger partial charge >= 0.3 is 0 Å². The van der Waals surface area contributed by atoms with E-state index in [4.69, 9.17) is 14.6 Å². The summed E-state index contributed by atoms with van der Waals surface area (Å²) in [6.45, 7) is 2.09. The maximum atomic E-state index is 13.7. The summed E-state index contributed by atoms with van der Waals surface area (Å²) in [5.74, 6) is -0.160. The third kappa shape index (κ3) is 5.93. The summed E-state index contributed by atoms with van der Waals surface area (Å²) in [5.41, 5.74) is 2.72. The van der Waals surface area contributed by atoms with Gasteiger partial charge in [0.05, 0.1) is 36.3 Å². The summed E-state index contributed by atoms with van der Waals surface area (Å²) in [4.78, 5) is 30.2. The molecule has 12 heteroatoms. The van der Waals surface area contributed by atoms with Gasteiger partial charge in [-0.25, -0.2) is 13.6 Å². The molecule has 0 radical (unpaired) electrons. The lowest BCUT2D eigenvalue weighted by Gasteiger charge is -2.30. The number of hydrogen-bond donors (Lipinski definition) is 3. The fourth-order valence-electron chi connectivity index (χ4n) is 4.89. The van der Waals surface area contributed by atoms with Crippen molar-refractivity contribution in [2.24, 2.45) is 5.14 Å². The van der Waals surface area contributed by atoms with Gasteiger partial charge < -0.3 is 25.0 Å². The Kier molecular flexibility index (Phi) is 7.89. The molecule has 2 amide bonds. The topological polar surface area (TPSA) is 140 Å². The minimum absolute atomic E-state index is 0.160. The Labute approximate surface area is 231 Å². The van der Waals surface area contributed by atoms with Gasteiger partial charge in [-0.2, -0.15) is 0 Å². The van der Waals surface area contributed by atoms with E-state index in [2.05, 4.69) is 10.6 Å². The van der Waals surface area contributed by atoms with E-state index >= 15 is 0 Å². The highest BCUT2D eigenvalue weighted by atomic mass is 32.2. The molecule has 0 saturated carbocycles. The fraction of sp³-hybridized carbons (Fsp3) is 0.333. The number of nitrogens with zero attached hydrogens (tertiary/aromatic N) is 1. The fourth-order valence-corrected chi connectivity index (χ4v) is 6.71. The number of carbonyl (C=O) groups excluding carboxylic acids is 2. The molecule has 1 aromatic heterocycles. The first-order valence-electron chi connectivity index (χ1n) is 12.7. The Bertz CT molecular complexity index is 1500. The number of nitrogens with one attached hydrogen (secondary N) is 2. The second-order valence-electron chi connectivity index (χ2n) is 9.38. The third-order valence-corrected chi connectivity index (χ3v) is 8.98. The summed E-state index contributed by atoms with van der Waals surface area (Å²) >= 11 is 1.39. The molecule has 0 spiro atoms. The van der Waals surface area contributed by atoms with Crippen LogP contribution >= 0.6 is 11.3 Å². The minimum atomic E-state index is -4.04. The van der Waals surface area contributed by atoms with E-state index in [0.717, 1.165) is 36.1 Å². The van der Waals surface area contributed by atoms with E-state index < -0.39 is 15.9 Å². The molecule has 0 atom stereocenters. The Morgan fingerprint density at radius 1 is 1.00 bits per heavy atom. The molecule has 206 valence electrons. The quantitative estimate of drug-likeness (QED) is 0.394. The van der Waals surface area contributed by atoms with E-state index in [1.807, 2.05) is 4.90 Å². The standard InChI is InChI=1S/C27H30N4O6S2/c1-36-18-8-6-17(7-9-18)29-26(33)24-20-4-2-3-5-23(20)38-27(24)30-25(32)21-16-19(39(28,34)35)10-11-22(21)31-12-14-37-15-13-31/h6-11,16H,2-5,12-15H2,1H3,(H,29,33)(H,30,32)(H2,28,34,35). The lowest BCUT2D eigenvalue weighted by molar-refractivity contribution is 0.102. The number of carbonyl (C=O) groups is 2. The molecule has 5 rings (SSSR count). The summed E-state index contributed by atoms with van der Waals surface area (Å²) < 4.78 is 34.8. The number of hydrogen-bond acceptors (Lipinski definition) is 8. The Morgan fingerprint density at radius 2 is 1.72 bits per heavy atom. The number of nitrogens with two attached hydrogens (primary N) is 1. The second kappa shape index (κ2) is 11.3. The number of methoxy groups -OCH3 is 1. The van der Waals surface area contributed by atoms with Crippen LogP contribution in [-0.4, -0.2) is 53.6 Å². The van der Waals surface area contributed by atoms with Crippen LogP contribution in [0.4, 0.5) is 16.4 Å². The average Bonchev–Trinajstić information content (AvgIpc) is 3.31. The first-order valence-corrected chi connectivity index (χ1v) is 15.0. The van der Waals surface area contributed by atoms with Crippen molar-refractivity contribution in [1.82, 2.24) is 0 Å². The number of aryl methyl sites for hydroxylation is 1. The maximum Gasteiger partial charge on any atom is 0.258 e. The van der Waals surface area contributed by atoms with Gasteiger partial charge in [0.15, 0.2) is 0 Å². The van der Waals surface area contributed by atoms with Gasteiger partial charge in [0.2, 0.25) is 10.0 Å². The zero-order valence-electron chi connectivity index (χ0n) is 21.5. The van der Waals surface area contributed by atoms with Crippen molar-refractivity contribution in [2.45, 2.75) is 30.6 Å². The van der Waals surface area contributed by atoms with Gasteiger partial charge in [0.25, 0.3) is 11.8 Å². The van der Waals surface area contributed by atoms with E-state index in [1.165, 1.54) is 23.5 Å². The van der Waals surface area contributed by atoms with Crippen LogP contribution in [0.15, 0.2) is 47.4 Å². The van der Waals surface area contributed by atoms with Crippen molar-refractivity contribution in [2.75, 3.05) is 48.9 Å². The van der Waals surface area contributed by atoms with Crippen LogP contribution in [0.3, 0.4) is 0 Å². The zero-order chi connectivity index (χ0) is 27.6. The molecule has 4 N–H and O–H groups in total. The third-order valence-electron chi connectivity index (χ3n) is 6.87. The molecule has 1 fully saturated rings. The summed E-state index contributed by atoms with van der Waals surface area (Å²) in [5, 5.41) is 11.7. The number of ether oxygens (including phenoxy) is 2. The first kappa shape index (κ1) is 27.1. The number of sulfonamides is 1. The van der Waals surface area contributed by atoms with Crippen molar-refractivity contribution in [3.05, 3.63) is 64.0 Å². The number of fused-ring (bicyclic) bond motifs is 1. The van der Waals surface area contributed by atoms with Gasteiger partial charge in [0.1, 0.15) is 10.8 Å². The second-order valence-corrected chi connectivity index (χ2v) is 12.0. The van der Waals surface area contributed by atoms with Crippen molar-refractivity contribution in [1.29, 1.82) is 0 Å². The molecule has 2 heterocycles. The number of anilines is 3. The van der Waals surface area contributed by atoms with Crippen LogP contribution < -0.4 is 25.4 Å². The molecular weight excluding hydrogens is 540 g/mol. The number of benzene rings is 2. The molecule has 3 aromatic rings. The van der Waals surface area contributed by atoms with Crippen LogP contribution in [0.2, 0.25) is 0 Å². The average molecular weight is 571 g/mol. The number of primary sulfonamides is 1. The van der Waals surface area contributed by atoms with Crippen LogP contribution in [-0.2, 0) is 27.6 Å². The SMILES string of the molecule is COc1ccc(NC(=O)c2c(NC(=O)c3cc(S(N)(=O)=O)ccc3N3CCOCC3)sc3c2CCCC3)cc1. The first-order chi connectivity index (χ1) is 18.7. The van der Waals surface area contributed by atoms with E-state index in [1.54, 1.807) is 37.4 Å². The van der Waals surface area contributed by atoms with Gasteiger partial charge in [-0.1, -0.05) is 0 Å². The summed E-state index contributed by atoms with van der Waals surface area (Å²) in [7, 11) is -2.46. The van der Waals surface area contributed by atoms with Crippen molar-refractivity contribution in [3.63, 3.8) is 0 Å². The number of thiophene rings is 1. The van der Waals surface area contributed by atoms with Crippen LogP contribution in [0.1, 0.15) is 44.0 Å². The maximum absolute atomic E-state index is 13.7. The molecule has 2 aliphatic rings. The summed E-state index contributed by atoms with van der Waals surface area (Å²) in [6, 6.07) is 11.3. The molecule has 10 nitrogen and oxygen atoms in total. The summed E-state index contributed by atoms with van der Waals surface area (Å²) in [6.07, 6.45) is 3.54. The largest absolute Gasteiger partial charge is 0.497 e. The zero-order valence-corrected chi connectivity index (χ0v) is 23.1. The Hall–Kier alpha value is -3.45. The molecule has 2 aromatic carbocycles. The van der Waals surface area contributed by atoms with E-state index in [9.17, 15) is 18.0 Å². The lowest BCUT2D eigenvalue weighted by atomic mass is 9.95. The van der Waals surface area contributed by atoms with E-state index in [-0.39, 0.29) is 16.4 Å². The smallest absolute Gasteiger partial charge is 0.258 e. The number of morpholine rings is 1. The minimum Gasteiger partial charge on any atom is -0.497 e. The van der Waals surface area contributed by atoms with Crippen LogP contribution in [0.5, 0.6) is 5.75 Å². The molecule has 1 saturated heterocycles. The van der Waals surface area contributed by atoms with Gasteiger partial charge in [-0.05, 0) is 73.7 Å². The van der Waals surface area contributed by atoms with Gasteiger partial charge in [-0.3, -0.25) is 9.59 Å². The van der Waals surface area contributed by atoms with Gasteiger partial charge in [-0.15, -0.1) is 11.3 Å². The van der Waals surface area contributed by atoms with Crippen molar-refractivity contribution in [3.8, 4) is 5.75 Å². The van der Waals surface area contributed by atoms with E-state index in [0.29, 0.717) is 54.0 Å². The van der Waals surface area contributed by atoms with Crippen LogP contribution in [0.25, 0.3) is 0 Å². The Balaban J connectivity index is 1.49. The predicted octanol–water partition coefficient (Wildman–Crippen LogP) is 3.62. The highest BCUT2D eigenvalue weighted by Gasteiger charge is 2.28. The van der Waals surface area contributed by atoms with Crippen molar-refractivity contribution >= 4 is 49.6 Å². The molecule has 39 heavy (non-hydrogen) atoms. The molecule has 0 bridgehead atoms. The monoisotopic (exact) mass is 570 g/mol. The van der Waals surface area contributed by atoms with Crippen molar-refractivity contribution < 1.29 is 27.5 Å². The highest BCUT2D eigenvalue weighted by molar-refractivity contribution is 7.89. The normalized spacial score (nSPS) is 15.4. The molecular formula is C27H30N4O6S2. The van der Waals surface area contributed by atoms with Crippen LogP contribution in [0, 0.1) is 0 Å². The molecule has 1 aliphatic heterocycles. The number of amides is 2. The predicted molar refractivity (Wildman–Crippen MR) is 151 cm³/mol. The Morgan fingerprint density at radius 3 is 2.41 bits per heavy atom. The highest BCUT2D eigenvalue weighted by Crippen LogP contribution is 2.39. The number of rotatable bonds is 7. The van der Waals surface area contributed by atoms with Gasteiger partial charge in [0, 0.05) is 29.3 Å². The lowest BCUT2D eigenvalue weighted by Crippen LogP contribution is -2.37. The molecule has 0 unspecified atom stereocenters. The molecule has 1 aliphatic carbocycles.